The average Bonchev–Trinajstić information content (AvgIpc) is 2.59. The van der Waals surface area contributed by atoms with Gasteiger partial charge >= 0.3 is 6.03 Å². The highest BCUT2D eigenvalue weighted by Crippen LogP contribution is 2.20. The number of urea groups is 1. The van der Waals surface area contributed by atoms with Gasteiger partial charge in [-0.1, -0.05) is 17.7 Å². The van der Waals surface area contributed by atoms with Gasteiger partial charge in [-0.15, -0.1) is 0 Å². The summed E-state index contributed by atoms with van der Waals surface area (Å²) in [6.07, 6.45) is 0. The molecule has 2 aromatic carbocycles. The topological polar surface area (TPSA) is 35.6 Å². The number of anilines is 2. The predicted molar refractivity (Wildman–Crippen MR) is 90.3 cm³/mol. The fourth-order valence-corrected chi connectivity index (χ4v) is 2.69. The van der Waals surface area contributed by atoms with Gasteiger partial charge in [0, 0.05) is 43.6 Å². The first-order valence-electron chi connectivity index (χ1n) is 7.85. The van der Waals surface area contributed by atoms with Gasteiger partial charge in [0.15, 0.2) is 11.6 Å². The Labute approximate surface area is 139 Å². The Kier molecular flexibility index (Phi) is 4.64. The lowest BCUT2D eigenvalue weighted by molar-refractivity contribution is 0.208. The van der Waals surface area contributed by atoms with Crippen LogP contribution in [0.4, 0.5) is 25.0 Å². The normalized spacial score (nSPS) is 14.6. The minimum absolute atomic E-state index is 0.149. The molecule has 24 heavy (non-hydrogen) atoms. The standard InChI is InChI=1S/C18H19F2N3O/c1-13-2-4-14(5-3-13)21-18(24)23-10-8-22(9-11-23)15-6-7-16(19)17(20)12-15/h2-7,12H,8-11H2,1H3,(H,21,24). The summed E-state index contributed by atoms with van der Waals surface area (Å²) < 4.78 is 26.3. The van der Waals surface area contributed by atoms with Crippen molar-refractivity contribution in [3.63, 3.8) is 0 Å². The molecule has 1 aliphatic heterocycles. The number of hydrogen-bond donors (Lipinski definition) is 1. The Morgan fingerprint density at radius 3 is 2.25 bits per heavy atom. The van der Waals surface area contributed by atoms with E-state index in [0.29, 0.717) is 31.9 Å². The maximum atomic E-state index is 13.3. The van der Waals surface area contributed by atoms with Crippen molar-refractivity contribution in [1.29, 1.82) is 0 Å². The summed E-state index contributed by atoms with van der Waals surface area (Å²) in [7, 11) is 0. The van der Waals surface area contributed by atoms with Crippen LogP contribution < -0.4 is 10.2 Å². The van der Waals surface area contributed by atoms with Crippen LogP contribution in [0.15, 0.2) is 42.5 Å². The Balaban J connectivity index is 1.57. The number of aryl methyl sites for hydroxylation is 1. The smallest absolute Gasteiger partial charge is 0.321 e. The van der Waals surface area contributed by atoms with E-state index < -0.39 is 11.6 Å². The summed E-state index contributed by atoms with van der Waals surface area (Å²) in [5.41, 5.74) is 2.52. The molecule has 0 saturated carbocycles. The van der Waals surface area contributed by atoms with Crippen molar-refractivity contribution in [2.24, 2.45) is 0 Å². The third-order valence-electron chi connectivity index (χ3n) is 4.14. The number of piperazine rings is 1. The zero-order chi connectivity index (χ0) is 17.1. The van der Waals surface area contributed by atoms with Crippen molar-refractivity contribution in [3.05, 3.63) is 59.7 Å². The van der Waals surface area contributed by atoms with Crippen molar-refractivity contribution >= 4 is 17.4 Å². The first-order valence-corrected chi connectivity index (χ1v) is 7.85. The van der Waals surface area contributed by atoms with E-state index in [2.05, 4.69) is 5.32 Å². The molecule has 1 saturated heterocycles. The molecule has 1 heterocycles. The largest absolute Gasteiger partial charge is 0.368 e. The van der Waals surface area contributed by atoms with Crippen LogP contribution in [0.5, 0.6) is 0 Å². The third kappa shape index (κ3) is 3.64. The van der Waals surface area contributed by atoms with Crippen LogP contribution >= 0.6 is 0 Å². The minimum Gasteiger partial charge on any atom is -0.368 e. The van der Waals surface area contributed by atoms with E-state index in [1.54, 1.807) is 11.0 Å². The number of nitrogens with one attached hydrogen (secondary N) is 1. The summed E-state index contributed by atoms with van der Waals surface area (Å²) in [6.45, 7) is 4.19. The van der Waals surface area contributed by atoms with E-state index in [1.165, 1.54) is 6.07 Å². The summed E-state index contributed by atoms with van der Waals surface area (Å²) in [6, 6.07) is 11.3. The second kappa shape index (κ2) is 6.86. The number of carbonyl (C=O) groups is 1. The maximum absolute atomic E-state index is 13.3. The van der Waals surface area contributed by atoms with Crippen LogP contribution in [0, 0.1) is 18.6 Å². The maximum Gasteiger partial charge on any atom is 0.321 e. The molecule has 3 rings (SSSR count). The van der Waals surface area contributed by atoms with Gasteiger partial charge in [-0.05, 0) is 31.2 Å². The van der Waals surface area contributed by atoms with E-state index in [1.807, 2.05) is 36.1 Å². The van der Waals surface area contributed by atoms with E-state index in [9.17, 15) is 13.6 Å². The fourth-order valence-electron chi connectivity index (χ4n) is 2.69. The number of benzene rings is 2. The monoisotopic (exact) mass is 331 g/mol. The van der Waals surface area contributed by atoms with Gasteiger partial charge in [0.1, 0.15) is 0 Å². The lowest BCUT2D eigenvalue weighted by Gasteiger charge is -2.36. The molecule has 2 aromatic rings. The molecule has 1 aliphatic rings. The Morgan fingerprint density at radius 2 is 1.62 bits per heavy atom. The molecule has 0 aliphatic carbocycles. The summed E-state index contributed by atoms with van der Waals surface area (Å²) in [4.78, 5) is 15.9. The predicted octanol–water partition coefficient (Wildman–Crippen LogP) is 3.63. The first kappa shape index (κ1) is 16.2. The average molecular weight is 331 g/mol. The molecule has 126 valence electrons. The van der Waals surface area contributed by atoms with E-state index in [0.717, 1.165) is 17.3 Å². The van der Waals surface area contributed by atoms with Crippen LogP contribution in [0.1, 0.15) is 5.56 Å². The molecular weight excluding hydrogens is 312 g/mol. The SMILES string of the molecule is Cc1ccc(NC(=O)N2CCN(c3ccc(F)c(F)c3)CC2)cc1. The van der Waals surface area contributed by atoms with Crippen LogP contribution in [0.2, 0.25) is 0 Å². The summed E-state index contributed by atoms with van der Waals surface area (Å²) >= 11 is 0. The highest BCUT2D eigenvalue weighted by atomic mass is 19.2. The molecule has 0 unspecified atom stereocenters. The zero-order valence-corrected chi connectivity index (χ0v) is 13.4. The van der Waals surface area contributed by atoms with Gasteiger partial charge in [0.2, 0.25) is 0 Å². The van der Waals surface area contributed by atoms with Crippen molar-refractivity contribution < 1.29 is 13.6 Å². The highest BCUT2D eigenvalue weighted by Gasteiger charge is 2.22. The van der Waals surface area contributed by atoms with Gasteiger partial charge in [-0.25, -0.2) is 13.6 Å². The van der Waals surface area contributed by atoms with Crippen LogP contribution in [0.25, 0.3) is 0 Å². The van der Waals surface area contributed by atoms with Gasteiger partial charge in [-0.3, -0.25) is 0 Å². The van der Waals surface area contributed by atoms with Gasteiger partial charge in [-0.2, -0.15) is 0 Å². The molecule has 1 N–H and O–H groups in total. The highest BCUT2D eigenvalue weighted by molar-refractivity contribution is 5.89. The second-order valence-corrected chi connectivity index (χ2v) is 5.87. The zero-order valence-electron chi connectivity index (χ0n) is 13.4. The van der Waals surface area contributed by atoms with Crippen LogP contribution in [0.3, 0.4) is 0 Å². The third-order valence-corrected chi connectivity index (χ3v) is 4.14. The van der Waals surface area contributed by atoms with Crippen molar-refractivity contribution in [3.8, 4) is 0 Å². The molecule has 1 fully saturated rings. The van der Waals surface area contributed by atoms with Crippen LogP contribution in [-0.2, 0) is 0 Å². The van der Waals surface area contributed by atoms with Crippen molar-refractivity contribution in [2.45, 2.75) is 6.92 Å². The molecule has 4 nitrogen and oxygen atoms in total. The van der Waals surface area contributed by atoms with Gasteiger partial charge in [0.25, 0.3) is 0 Å². The first-order chi connectivity index (χ1) is 11.5. The number of hydrogen-bond acceptors (Lipinski definition) is 2. The Hall–Kier alpha value is -2.63. The summed E-state index contributed by atoms with van der Waals surface area (Å²) in [5.74, 6) is -1.71. The number of nitrogens with zero attached hydrogens (tertiary/aromatic N) is 2. The molecule has 0 atom stereocenters. The van der Waals surface area contributed by atoms with E-state index in [-0.39, 0.29) is 6.03 Å². The quantitative estimate of drug-likeness (QED) is 0.912. The number of rotatable bonds is 2. The Bertz CT molecular complexity index is 726. The molecule has 6 heteroatoms. The van der Waals surface area contributed by atoms with E-state index in [4.69, 9.17) is 0 Å². The Morgan fingerprint density at radius 1 is 0.958 bits per heavy atom. The summed E-state index contributed by atoms with van der Waals surface area (Å²) in [5, 5.41) is 2.87. The lowest BCUT2D eigenvalue weighted by Crippen LogP contribution is -2.50. The minimum atomic E-state index is -0.855. The lowest BCUT2D eigenvalue weighted by atomic mass is 10.2. The van der Waals surface area contributed by atoms with Gasteiger partial charge < -0.3 is 15.1 Å². The van der Waals surface area contributed by atoms with Crippen LogP contribution in [-0.4, -0.2) is 37.1 Å². The number of halogens is 2. The number of carbonyl (C=O) groups excluding carboxylic acids is 1. The molecule has 0 bridgehead atoms. The molecule has 2 amide bonds. The van der Waals surface area contributed by atoms with Crippen molar-refractivity contribution in [1.82, 2.24) is 4.90 Å². The fraction of sp³-hybridized carbons (Fsp3) is 0.278. The molecule has 0 spiro atoms. The number of amides is 2. The molecular formula is C18H19F2N3O. The molecule has 0 radical (unpaired) electrons. The molecule has 0 aromatic heterocycles. The van der Waals surface area contributed by atoms with E-state index >= 15 is 0 Å². The second-order valence-electron chi connectivity index (χ2n) is 5.87. The van der Waals surface area contributed by atoms with Crippen molar-refractivity contribution in [2.75, 3.05) is 36.4 Å². The van der Waals surface area contributed by atoms with Gasteiger partial charge in [0.05, 0.1) is 0 Å².